The second-order valence-electron chi connectivity index (χ2n) is 6.46. The predicted octanol–water partition coefficient (Wildman–Crippen LogP) is 5.07. The standard InChI is InChI=1S/C18H16ClFN2O2/c19-13-6-5-11(7-14(13)20)22-17-16-10-3-1-9(2-4-10)15(16)12(8-21-17)18(23)24/h5-10H,1-4H2,(H,21,22)(H,23,24). The molecule has 0 unspecified atom stereocenters. The molecule has 1 aromatic carbocycles. The molecule has 1 heterocycles. The molecule has 3 aliphatic carbocycles. The van der Waals surface area contributed by atoms with Gasteiger partial charge in [0.25, 0.3) is 0 Å². The zero-order chi connectivity index (χ0) is 16.8. The summed E-state index contributed by atoms with van der Waals surface area (Å²) >= 11 is 5.72. The molecule has 24 heavy (non-hydrogen) atoms. The number of carboxylic acids is 1. The number of halogens is 2. The fraction of sp³-hybridized carbons (Fsp3) is 0.333. The lowest BCUT2D eigenvalue weighted by Gasteiger charge is -2.39. The topological polar surface area (TPSA) is 62.2 Å². The van der Waals surface area contributed by atoms with Crippen LogP contribution < -0.4 is 5.32 Å². The molecule has 0 spiro atoms. The highest BCUT2D eigenvalue weighted by atomic mass is 35.5. The van der Waals surface area contributed by atoms with Crippen LogP contribution in [-0.4, -0.2) is 16.1 Å². The number of nitrogens with one attached hydrogen (secondary N) is 1. The number of benzene rings is 1. The molecule has 6 heteroatoms. The second kappa shape index (κ2) is 5.74. The average molecular weight is 347 g/mol. The van der Waals surface area contributed by atoms with E-state index >= 15 is 0 Å². The monoisotopic (exact) mass is 346 g/mol. The number of carbonyl (C=O) groups is 1. The van der Waals surface area contributed by atoms with Crippen molar-refractivity contribution in [2.24, 2.45) is 0 Å². The highest BCUT2D eigenvalue weighted by Crippen LogP contribution is 2.52. The summed E-state index contributed by atoms with van der Waals surface area (Å²) in [6.45, 7) is 0. The number of rotatable bonds is 3. The van der Waals surface area contributed by atoms with E-state index < -0.39 is 11.8 Å². The smallest absolute Gasteiger partial charge is 0.337 e. The largest absolute Gasteiger partial charge is 0.478 e. The number of anilines is 2. The number of carboxylic acid groups (broad SMARTS) is 1. The summed E-state index contributed by atoms with van der Waals surface area (Å²) in [5, 5.41) is 12.7. The van der Waals surface area contributed by atoms with Crippen LogP contribution in [0.2, 0.25) is 5.02 Å². The van der Waals surface area contributed by atoms with Gasteiger partial charge in [0.05, 0.1) is 10.6 Å². The third-order valence-electron chi connectivity index (χ3n) is 5.11. The van der Waals surface area contributed by atoms with Gasteiger partial charge >= 0.3 is 5.97 Å². The van der Waals surface area contributed by atoms with E-state index in [0.717, 1.165) is 36.8 Å². The number of hydrogen-bond donors (Lipinski definition) is 2. The Kier molecular flexibility index (Phi) is 3.68. The summed E-state index contributed by atoms with van der Waals surface area (Å²) < 4.78 is 13.7. The van der Waals surface area contributed by atoms with Gasteiger partial charge in [-0.3, -0.25) is 0 Å². The van der Waals surface area contributed by atoms with E-state index in [9.17, 15) is 14.3 Å². The molecule has 0 radical (unpaired) electrons. The summed E-state index contributed by atoms with van der Waals surface area (Å²) in [7, 11) is 0. The minimum absolute atomic E-state index is 0.0656. The lowest BCUT2D eigenvalue weighted by atomic mass is 9.66. The Morgan fingerprint density at radius 2 is 1.88 bits per heavy atom. The summed E-state index contributed by atoms with van der Waals surface area (Å²) in [5.41, 5.74) is 2.76. The first-order chi connectivity index (χ1) is 11.5. The number of aromatic nitrogens is 1. The van der Waals surface area contributed by atoms with Gasteiger partial charge in [-0.1, -0.05) is 11.6 Å². The van der Waals surface area contributed by atoms with Crippen LogP contribution in [0.25, 0.3) is 0 Å². The lowest BCUT2D eigenvalue weighted by molar-refractivity contribution is 0.0693. The maximum Gasteiger partial charge on any atom is 0.337 e. The molecule has 1 fully saturated rings. The van der Waals surface area contributed by atoms with Gasteiger partial charge in [0, 0.05) is 17.4 Å². The zero-order valence-electron chi connectivity index (χ0n) is 12.9. The summed E-state index contributed by atoms with van der Waals surface area (Å²) in [4.78, 5) is 15.9. The Morgan fingerprint density at radius 3 is 2.50 bits per heavy atom. The Balaban J connectivity index is 1.81. The molecule has 1 aromatic heterocycles. The van der Waals surface area contributed by atoms with Crippen molar-refractivity contribution in [3.05, 3.63) is 51.9 Å². The van der Waals surface area contributed by atoms with Gasteiger partial charge in [0.1, 0.15) is 11.6 Å². The van der Waals surface area contributed by atoms with E-state index in [1.165, 1.54) is 18.3 Å². The average Bonchev–Trinajstić information content (AvgIpc) is 2.59. The Morgan fingerprint density at radius 1 is 1.21 bits per heavy atom. The molecule has 2 aromatic rings. The van der Waals surface area contributed by atoms with Gasteiger partial charge in [-0.25, -0.2) is 14.2 Å². The van der Waals surface area contributed by atoms with Crippen LogP contribution >= 0.6 is 11.6 Å². The van der Waals surface area contributed by atoms with E-state index in [1.54, 1.807) is 6.07 Å². The van der Waals surface area contributed by atoms with Gasteiger partial charge in [-0.05, 0) is 61.3 Å². The van der Waals surface area contributed by atoms with Crippen molar-refractivity contribution in [3.63, 3.8) is 0 Å². The highest BCUT2D eigenvalue weighted by Gasteiger charge is 2.38. The van der Waals surface area contributed by atoms with Crippen LogP contribution in [0.4, 0.5) is 15.9 Å². The van der Waals surface area contributed by atoms with Crippen molar-refractivity contribution in [1.29, 1.82) is 0 Å². The number of hydrogen-bond acceptors (Lipinski definition) is 3. The molecule has 2 N–H and O–H groups in total. The fourth-order valence-corrected chi connectivity index (χ4v) is 4.16. The van der Waals surface area contributed by atoms with E-state index in [-0.39, 0.29) is 10.9 Å². The molecule has 0 atom stereocenters. The van der Waals surface area contributed by atoms with Crippen molar-refractivity contribution in [2.75, 3.05) is 5.32 Å². The fourth-order valence-electron chi connectivity index (χ4n) is 4.05. The molecule has 3 aliphatic rings. The van der Waals surface area contributed by atoms with Crippen LogP contribution in [0.5, 0.6) is 0 Å². The van der Waals surface area contributed by atoms with Gasteiger partial charge in [-0.15, -0.1) is 0 Å². The predicted molar refractivity (Wildman–Crippen MR) is 89.8 cm³/mol. The van der Waals surface area contributed by atoms with Crippen LogP contribution in [0.3, 0.4) is 0 Å². The maximum absolute atomic E-state index is 13.7. The van der Waals surface area contributed by atoms with E-state index in [4.69, 9.17) is 11.6 Å². The SMILES string of the molecule is O=C(O)c1cnc(Nc2ccc(Cl)c(F)c2)c2c1C1CCC2CC1. The number of pyridine rings is 1. The Labute approximate surface area is 143 Å². The number of aromatic carboxylic acids is 1. The summed E-state index contributed by atoms with van der Waals surface area (Å²) in [5.74, 6) is -0.209. The van der Waals surface area contributed by atoms with E-state index in [0.29, 0.717) is 23.0 Å². The molecule has 124 valence electrons. The first kappa shape index (κ1) is 15.4. The van der Waals surface area contributed by atoms with Gasteiger partial charge in [0.15, 0.2) is 0 Å². The van der Waals surface area contributed by atoms with Crippen molar-refractivity contribution >= 4 is 29.1 Å². The molecule has 0 saturated heterocycles. The van der Waals surface area contributed by atoms with Gasteiger partial charge in [0.2, 0.25) is 0 Å². The Hall–Kier alpha value is -2.14. The summed E-state index contributed by atoms with van der Waals surface area (Å²) in [6.07, 6.45) is 5.56. The molecular weight excluding hydrogens is 331 g/mol. The van der Waals surface area contributed by atoms with Gasteiger partial charge < -0.3 is 10.4 Å². The normalized spacial score (nSPS) is 21.4. The van der Waals surface area contributed by atoms with Crippen molar-refractivity contribution < 1.29 is 14.3 Å². The second-order valence-corrected chi connectivity index (χ2v) is 6.86. The molecule has 0 amide bonds. The van der Waals surface area contributed by atoms with Crippen LogP contribution in [-0.2, 0) is 0 Å². The minimum Gasteiger partial charge on any atom is -0.478 e. The van der Waals surface area contributed by atoms with E-state index in [2.05, 4.69) is 10.3 Å². The first-order valence-corrected chi connectivity index (χ1v) is 8.40. The van der Waals surface area contributed by atoms with Gasteiger partial charge in [-0.2, -0.15) is 0 Å². The molecule has 5 rings (SSSR count). The zero-order valence-corrected chi connectivity index (χ0v) is 13.6. The quantitative estimate of drug-likeness (QED) is 0.814. The third kappa shape index (κ3) is 2.44. The highest BCUT2D eigenvalue weighted by molar-refractivity contribution is 6.30. The minimum atomic E-state index is -0.935. The molecule has 4 nitrogen and oxygen atoms in total. The van der Waals surface area contributed by atoms with Crippen LogP contribution in [0.15, 0.2) is 24.4 Å². The lowest BCUT2D eigenvalue weighted by Crippen LogP contribution is -2.26. The van der Waals surface area contributed by atoms with Crippen molar-refractivity contribution in [1.82, 2.24) is 4.98 Å². The molecular formula is C18H16ClFN2O2. The van der Waals surface area contributed by atoms with Crippen molar-refractivity contribution in [3.8, 4) is 0 Å². The molecule has 0 aliphatic heterocycles. The Bertz CT molecular complexity index is 832. The van der Waals surface area contributed by atoms with Crippen LogP contribution in [0.1, 0.15) is 59.0 Å². The summed E-state index contributed by atoms with van der Waals surface area (Å²) in [6, 6.07) is 4.50. The number of nitrogens with zero attached hydrogens (tertiary/aromatic N) is 1. The maximum atomic E-state index is 13.7. The molecule has 2 bridgehead atoms. The van der Waals surface area contributed by atoms with E-state index in [1.807, 2.05) is 0 Å². The van der Waals surface area contributed by atoms with Crippen molar-refractivity contribution in [2.45, 2.75) is 37.5 Å². The third-order valence-corrected chi connectivity index (χ3v) is 5.42. The molecule has 1 saturated carbocycles. The number of fused-ring (bicyclic) bond motifs is 2. The van der Waals surface area contributed by atoms with Crippen LogP contribution in [0, 0.1) is 5.82 Å². The first-order valence-electron chi connectivity index (χ1n) is 8.02.